The Balaban J connectivity index is 1.33. The summed E-state index contributed by atoms with van der Waals surface area (Å²) in [4.78, 5) is 115. The summed E-state index contributed by atoms with van der Waals surface area (Å²) in [5, 5.41) is 6.65. The molecule has 3 amide bonds. The minimum atomic E-state index is -1.00. The largest absolute Gasteiger partial charge is 0.449 e. The molecule has 21 nitrogen and oxygen atoms in total. The molecule has 7 rings (SSSR count). The number of aromatic nitrogens is 3. The maximum atomic E-state index is 15.2. The molecule has 0 saturated heterocycles. The Hall–Kier alpha value is -10.2. The molecule has 0 bridgehead atoms. The molecule has 0 aliphatic rings. The Morgan fingerprint density at radius 1 is 0.452 bits per heavy atom. The van der Waals surface area contributed by atoms with Crippen molar-refractivity contribution in [3.05, 3.63) is 174 Å². The van der Waals surface area contributed by atoms with Crippen LogP contribution in [0.3, 0.4) is 0 Å². The van der Waals surface area contributed by atoms with Gasteiger partial charge in [0.05, 0.1) is 76.7 Å². The highest BCUT2D eigenvalue weighted by atomic mass is 16.7. The molecule has 0 saturated carbocycles. The second-order valence-electron chi connectivity index (χ2n) is 19.6. The van der Waals surface area contributed by atoms with Crippen molar-refractivity contribution in [3.8, 4) is 17.1 Å². The maximum absolute atomic E-state index is 15.2. The summed E-state index contributed by atoms with van der Waals surface area (Å²) in [6.45, 7) is 17.6. The maximum Gasteiger partial charge on any atom is 0.411 e. The van der Waals surface area contributed by atoms with Crippen LogP contribution >= 0.6 is 0 Å². The van der Waals surface area contributed by atoms with E-state index < -0.39 is 29.3 Å². The summed E-state index contributed by atoms with van der Waals surface area (Å²) in [6, 6.07) is 38.0. The van der Waals surface area contributed by atoms with Gasteiger partial charge in [-0.2, -0.15) is 35.0 Å². The van der Waals surface area contributed by atoms with Gasteiger partial charge in [0.2, 0.25) is 6.41 Å². The molecular formula is C63H66N12O9. The number of anilines is 3. The molecule has 1 heterocycles. The fourth-order valence-electron chi connectivity index (χ4n) is 8.22. The second kappa shape index (κ2) is 29.5. The van der Waals surface area contributed by atoms with Crippen LogP contribution in [0.4, 0.5) is 60.8 Å². The first-order valence-electron chi connectivity index (χ1n) is 27.4. The third-order valence-electron chi connectivity index (χ3n) is 13.2. The van der Waals surface area contributed by atoms with E-state index in [1.807, 2.05) is 41.5 Å². The van der Waals surface area contributed by atoms with Crippen molar-refractivity contribution in [2.24, 2.45) is 30.0 Å². The van der Waals surface area contributed by atoms with Gasteiger partial charge >= 0.3 is 29.3 Å². The lowest BCUT2D eigenvalue weighted by atomic mass is 10.1. The number of ether oxygens (including phenoxy) is 2. The fourth-order valence-corrected chi connectivity index (χ4v) is 8.22. The molecule has 7 aromatic rings. The number of unbranched alkanes of at least 4 members (excludes halogenated alkanes) is 3. The quantitative estimate of drug-likeness (QED) is 0.0267. The third-order valence-corrected chi connectivity index (χ3v) is 13.2. The first-order chi connectivity index (χ1) is 40.5. The molecule has 1 aromatic heterocycles. The highest BCUT2D eigenvalue weighted by Gasteiger charge is 2.23. The van der Waals surface area contributed by atoms with Crippen LogP contribution < -0.4 is 32.8 Å². The molecule has 6 aromatic carbocycles. The van der Waals surface area contributed by atoms with Gasteiger partial charge in [0, 0.05) is 11.4 Å². The van der Waals surface area contributed by atoms with Crippen molar-refractivity contribution in [2.75, 3.05) is 35.5 Å². The van der Waals surface area contributed by atoms with E-state index in [2.05, 4.69) is 58.6 Å². The van der Waals surface area contributed by atoms with E-state index >= 15 is 14.4 Å². The highest BCUT2D eigenvalue weighted by molar-refractivity contribution is 5.87. The zero-order valence-corrected chi connectivity index (χ0v) is 48.5. The first kappa shape index (κ1) is 61.5. The number of hydrogen-bond acceptors (Lipinski definition) is 15. The SMILES string of the molecule is CCCCOC(=O)Nc1cc(N=C=Nc2ccc(C)c(-n3c(=O)n(-c4cc(N=C=Nc5ccc(C)c(NC(=O)OCCCC)c5)ccc4C)c(=O)n(-c4cc(N=C=Nc5ccc(C)c(N(C=O)OCCCC)c5)ccc4C)c3=O)c2)ccc1C. The summed E-state index contributed by atoms with van der Waals surface area (Å²) in [5.41, 5.74) is 4.55. The topological polar surface area (TPSA) is 246 Å². The summed E-state index contributed by atoms with van der Waals surface area (Å²) in [5.74, 6) is 0. The van der Waals surface area contributed by atoms with Crippen molar-refractivity contribution < 1.29 is 28.7 Å². The second-order valence-corrected chi connectivity index (χ2v) is 19.6. The molecule has 0 fully saturated rings. The number of benzene rings is 6. The minimum Gasteiger partial charge on any atom is -0.449 e. The molecule has 0 atom stereocenters. The number of carbonyl (C=O) groups is 3. The van der Waals surface area contributed by atoms with Crippen molar-refractivity contribution in [1.82, 2.24) is 13.7 Å². The number of hydroxylamine groups is 1. The summed E-state index contributed by atoms with van der Waals surface area (Å²) in [6.07, 6.45) is 4.29. The number of rotatable bonds is 23. The van der Waals surface area contributed by atoms with E-state index in [0.717, 1.165) is 74.0 Å². The van der Waals surface area contributed by atoms with Gasteiger partial charge in [-0.3, -0.25) is 20.3 Å². The fraction of sp³-hybridized carbons (Fsp3) is 0.286. The van der Waals surface area contributed by atoms with Crippen LogP contribution in [0.15, 0.2) is 154 Å². The molecule has 0 aliphatic heterocycles. The first-order valence-corrected chi connectivity index (χ1v) is 27.4. The number of aryl methyl sites for hydroxylation is 6. The van der Waals surface area contributed by atoms with Gasteiger partial charge in [0.15, 0.2) is 0 Å². The highest BCUT2D eigenvalue weighted by Crippen LogP contribution is 2.29. The number of amides is 3. The number of nitrogens with one attached hydrogen (secondary N) is 2. The van der Waals surface area contributed by atoms with Crippen LogP contribution in [0.5, 0.6) is 0 Å². The van der Waals surface area contributed by atoms with E-state index in [0.29, 0.717) is 63.8 Å². The Kier molecular flexibility index (Phi) is 21.6. The lowest BCUT2D eigenvalue weighted by Crippen LogP contribution is -2.53. The minimum absolute atomic E-state index is 0.0966. The molecule has 0 unspecified atom stereocenters. The summed E-state index contributed by atoms with van der Waals surface area (Å²) in [7, 11) is 0. The number of nitrogens with zero attached hydrogens (tertiary/aromatic N) is 10. The van der Waals surface area contributed by atoms with Crippen molar-refractivity contribution in [3.63, 3.8) is 0 Å². The Morgan fingerprint density at radius 3 is 1.11 bits per heavy atom. The van der Waals surface area contributed by atoms with Gasteiger partial charge < -0.3 is 9.47 Å². The standard InChI is InChI=1S/C63H66N12O9/c1-10-13-28-82-59(77)70-53-31-47(22-16-41(53)4)64-37-67-50-25-19-44(7)56(34-50)73-61(79)74(57-35-51(26-20-45(57)8)68-38-65-48-23-17-42(5)54(32-48)71-60(78)83-29-14-11-2)63(81)75(62(73)80)58-36-52(27-21-46(58)9)69-39-66-49-24-18-43(6)55(33-49)72(40-76)84-30-15-12-3/h16-27,31-36,40H,10-15,28-30H2,1-9H3,(H,70,77)(H,71,78). The summed E-state index contributed by atoms with van der Waals surface area (Å²) >= 11 is 0. The Bertz CT molecular complexity index is 3810. The van der Waals surface area contributed by atoms with Gasteiger partial charge in [0.1, 0.15) is 18.0 Å². The Labute approximate surface area is 485 Å². The Morgan fingerprint density at radius 2 is 0.762 bits per heavy atom. The molecule has 0 aliphatic carbocycles. The molecular weight excluding hydrogens is 1070 g/mol. The van der Waals surface area contributed by atoms with Crippen LogP contribution in [0.2, 0.25) is 0 Å². The van der Waals surface area contributed by atoms with Crippen LogP contribution in [0.25, 0.3) is 17.1 Å². The predicted octanol–water partition coefficient (Wildman–Crippen LogP) is 13.8. The lowest BCUT2D eigenvalue weighted by Gasteiger charge is -2.19. The van der Waals surface area contributed by atoms with Crippen molar-refractivity contribution in [1.29, 1.82) is 0 Å². The lowest BCUT2D eigenvalue weighted by molar-refractivity contribution is -0.114. The van der Waals surface area contributed by atoms with E-state index in [1.165, 1.54) is 18.2 Å². The monoisotopic (exact) mass is 1130 g/mol. The van der Waals surface area contributed by atoms with Gasteiger partial charge in [-0.1, -0.05) is 76.4 Å². The van der Waals surface area contributed by atoms with E-state index in [4.69, 9.17) is 14.3 Å². The molecule has 84 heavy (non-hydrogen) atoms. The zero-order valence-electron chi connectivity index (χ0n) is 48.5. The number of carbonyl (C=O) groups excluding carboxylic acids is 3. The third kappa shape index (κ3) is 15.8. The van der Waals surface area contributed by atoms with Gasteiger partial charge in [0.25, 0.3) is 0 Å². The number of hydrogen-bond donors (Lipinski definition) is 2. The van der Waals surface area contributed by atoms with Crippen LogP contribution in [0.1, 0.15) is 92.7 Å². The predicted molar refractivity (Wildman–Crippen MR) is 328 cm³/mol. The van der Waals surface area contributed by atoms with Gasteiger partial charge in [-0.05, 0) is 167 Å². The van der Waals surface area contributed by atoms with Crippen LogP contribution in [0, 0.1) is 41.5 Å². The molecule has 2 N–H and O–H groups in total. The normalized spacial score (nSPS) is 10.6. The van der Waals surface area contributed by atoms with Crippen LogP contribution in [-0.4, -0.2) is 70.1 Å². The van der Waals surface area contributed by atoms with Crippen molar-refractivity contribution >= 4 is 87.8 Å². The molecule has 21 heteroatoms. The summed E-state index contributed by atoms with van der Waals surface area (Å²) < 4.78 is 13.2. The van der Waals surface area contributed by atoms with Crippen LogP contribution in [-0.2, 0) is 19.1 Å². The molecule has 432 valence electrons. The zero-order chi connectivity index (χ0) is 60.3. The number of aliphatic imine (C=N–C) groups is 6. The van der Waals surface area contributed by atoms with Gasteiger partial charge in [-0.15, -0.1) is 0 Å². The molecule has 0 radical (unpaired) electrons. The van der Waals surface area contributed by atoms with E-state index in [9.17, 15) is 14.4 Å². The van der Waals surface area contributed by atoms with Crippen molar-refractivity contribution in [2.45, 2.75) is 101 Å². The average Bonchev–Trinajstić information content (AvgIpc) is 2.45. The molecule has 0 spiro atoms. The van der Waals surface area contributed by atoms with E-state index in [-0.39, 0.29) is 47.3 Å². The average molecular weight is 1140 g/mol. The van der Waals surface area contributed by atoms with E-state index in [1.54, 1.807) is 112 Å². The van der Waals surface area contributed by atoms with Gasteiger partial charge in [-0.25, -0.2) is 37.7 Å². The smallest absolute Gasteiger partial charge is 0.411 e.